The number of halogens is 3. The highest BCUT2D eigenvalue weighted by Crippen LogP contribution is 2.32. The normalized spacial score (nSPS) is 11.7. The third-order valence-corrected chi connectivity index (χ3v) is 3.80. The van der Waals surface area contributed by atoms with Crippen molar-refractivity contribution in [1.82, 2.24) is 4.98 Å². The van der Waals surface area contributed by atoms with E-state index >= 15 is 0 Å². The van der Waals surface area contributed by atoms with E-state index in [1.807, 2.05) is 0 Å². The first-order valence-corrected chi connectivity index (χ1v) is 7.86. The Morgan fingerprint density at radius 1 is 1.07 bits per heavy atom. The van der Waals surface area contributed by atoms with E-state index in [4.69, 9.17) is 9.15 Å². The van der Waals surface area contributed by atoms with E-state index < -0.39 is 17.7 Å². The summed E-state index contributed by atoms with van der Waals surface area (Å²) in [5.74, 6) is -0.0987. The fourth-order valence-electron chi connectivity index (χ4n) is 2.41. The van der Waals surface area contributed by atoms with Crippen LogP contribution in [0.3, 0.4) is 0 Å². The van der Waals surface area contributed by atoms with Gasteiger partial charge in [0.25, 0.3) is 0 Å². The Balaban J connectivity index is 1.96. The van der Waals surface area contributed by atoms with Crippen LogP contribution in [0.4, 0.5) is 13.2 Å². The summed E-state index contributed by atoms with van der Waals surface area (Å²) in [5, 5.41) is 0. The Kier molecular flexibility index (Phi) is 5.12. The fraction of sp³-hybridized carbons (Fsp3) is 0.100. The molecule has 0 aliphatic rings. The number of benzene rings is 1. The van der Waals surface area contributed by atoms with Gasteiger partial charge in [-0.3, -0.25) is 4.98 Å². The Hall–Kier alpha value is -3.35. The number of carbonyl (C=O) groups excluding carboxylic acids is 1. The first kappa shape index (κ1) is 18.4. The molecule has 2 heterocycles. The van der Waals surface area contributed by atoms with E-state index in [9.17, 15) is 18.0 Å². The first-order chi connectivity index (χ1) is 12.9. The molecule has 1 aromatic carbocycles. The van der Waals surface area contributed by atoms with Gasteiger partial charge in [0.05, 0.1) is 12.7 Å². The lowest BCUT2D eigenvalue weighted by Crippen LogP contribution is -2.03. The molecule has 0 amide bonds. The van der Waals surface area contributed by atoms with Gasteiger partial charge in [0.2, 0.25) is 0 Å². The average Bonchev–Trinajstić information content (AvgIpc) is 3.10. The van der Waals surface area contributed by atoms with Crippen molar-refractivity contribution in [2.45, 2.75) is 6.18 Å². The number of hydrogen-bond donors (Lipinski definition) is 0. The number of furan rings is 1. The van der Waals surface area contributed by atoms with Crippen LogP contribution < -0.4 is 0 Å². The Morgan fingerprint density at radius 3 is 2.33 bits per heavy atom. The van der Waals surface area contributed by atoms with Crippen molar-refractivity contribution >= 4 is 18.1 Å². The smallest absolute Gasteiger partial charge is 0.416 e. The van der Waals surface area contributed by atoms with Gasteiger partial charge in [-0.1, -0.05) is 18.2 Å². The monoisotopic (exact) mass is 373 g/mol. The maximum atomic E-state index is 12.7. The van der Waals surface area contributed by atoms with Crippen LogP contribution in [0.5, 0.6) is 0 Å². The van der Waals surface area contributed by atoms with E-state index in [2.05, 4.69) is 4.98 Å². The summed E-state index contributed by atoms with van der Waals surface area (Å²) in [4.78, 5) is 15.9. The number of esters is 1. The third kappa shape index (κ3) is 4.25. The Morgan fingerprint density at radius 2 is 1.74 bits per heavy atom. The zero-order valence-electron chi connectivity index (χ0n) is 14.2. The lowest BCUT2D eigenvalue weighted by Gasteiger charge is -2.06. The molecule has 0 spiro atoms. The van der Waals surface area contributed by atoms with Crippen LogP contribution in [-0.2, 0) is 10.9 Å². The molecule has 0 unspecified atom stereocenters. The van der Waals surface area contributed by atoms with Crippen molar-refractivity contribution in [1.29, 1.82) is 0 Å². The first-order valence-electron chi connectivity index (χ1n) is 7.86. The van der Waals surface area contributed by atoms with Crippen molar-refractivity contribution in [3.8, 4) is 11.3 Å². The van der Waals surface area contributed by atoms with E-state index in [1.165, 1.54) is 25.3 Å². The molecule has 3 rings (SSSR count). The number of methoxy groups -OCH3 is 1. The summed E-state index contributed by atoms with van der Waals surface area (Å²) >= 11 is 0. The molecule has 2 aromatic heterocycles. The molecule has 0 saturated heterocycles. The third-order valence-electron chi connectivity index (χ3n) is 3.80. The number of ether oxygens (including phenoxy) is 1. The number of nitrogens with zero attached hydrogens (tertiary/aromatic N) is 1. The van der Waals surface area contributed by atoms with Crippen molar-refractivity contribution in [2.75, 3.05) is 7.11 Å². The second-order valence-corrected chi connectivity index (χ2v) is 5.57. The largest absolute Gasteiger partial charge is 0.465 e. The number of hydrogen-bond acceptors (Lipinski definition) is 4. The van der Waals surface area contributed by atoms with E-state index in [-0.39, 0.29) is 17.1 Å². The minimum atomic E-state index is -4.42. The zero-order valence-corrected chi connectivity index (χ0v) is 14.2. The number of rotatable bonds is 4. The summed E-state index contributed by atoms with van der Waals surface area (Å²) in [6.45, 7) is 0. The highest BCUT2D eigenvalue weighted by Gasteiger charge is 2.30. The van der Waals surface area contributed by atoms with Gasteiger partial charge in [0.1, 0.15) is 17.1 Å². The van der Waals surface area contributed by atoms with Gasteiger partial charge in [-0.05, 0) is 42.0 Å². The average molecular weight is 373 g/mol. The molecule has 0 saturated carbocycles. The standard InChI is InChI=1S/C20H14F3NO3/c1-26-19(25)16-12-18(14-3-5-15(6-4-14)20(21,22)23)27-17(16)7-2-13-8-10-24-11-9-13/h2-12H,1H3/b7-2+. The minimum Gasteiger partial charge on any atom is -0.465 e. The predicted octanol–water partition coefficient (Wildman–Crippen LogP) is 5.32. The Labute approximate surface area is 152 Å². The van der Waals surface area contributed by atoms with Gasteiger partial charge in [-0.25, -0.2) is 4.79 Å². The van der Waals surface area contributed by atoms with Gasteiger partial charge in [0.15, 0.2) is 0 Å². The van der Waals surface area contributed by atoms with Crippen molar-refractivity contribution < 1.29 is 27.1 Å². The molecule has 0 bridgehead atoms. The molecule has 27 heavy (non-hydrogen) atoms. The minimum absolute atomic E-state index is 0.178. The molecule has 3 aromatic rings. The SMILES string of the molecule is COC(=O)c1cc(-c2ccc(C(F)(F)F)cc2)oc1/C=C/c1ccncc1. The van der Waals surface area contributed by atoms with Gasteiger partial charge in [0, 0.05) is 18.0 Å². The van der Waals surface area contributed by atoms with Crippen LogP contribution in [0.25, 0.3) is 23.5 Å². The molecule has 4 nitrogen and oxygen atoms in total. The predicted molar refractivity (Wildman–Crippen MR) is 93.7 cm³/mol. The summed E-state index contributed by atoms with van der Waals surface area (Å²) in [5.41, 5.74) is 0.673. The molecule has 7 heteroatoms. The maximum absolute atomic E-state index is 12.7. The molecular formula is C20H14F3NO3. The molecule has 0 radical (unpaired) electrons. The van der Waals surface area contributed by atoms with Gasteiger partial charge < -0.3 is 9.15 Å². The van der Waals surface area contributed by atoms with Crippen molar-refractivity contribution in [2.24, 2.45) is 0 Å². The maximum Gasteiger partial charge on any atom is 0.416 e. The summed E-state index contributed by atoms with van der Waals surface area (Å²) < 4.78 is 48.6. The van der Waals surface area contributed by atoms with E-state index in [1.54, 1.807) is 36.7 Å². The van der Waals surface area contributed by atoms with Crippen molar-refractivity contribution in [3.63, 3.8) is 0 Å². The van der Waals surface area contributed by atoms with Crippen LogP contribution in [0.2, 0.25) is 0 Å². The lowest BCUT2D eigenvalue weighted by molar-refractivity contribution is -0.137. The summed E-state index contributed by atoms with van der Waals surface area (Å²) in [6.07, 6.45) is 2.14. The number of aromatic nitrogens is 1. The second kappa shape index (κ2) is 7.49. The summed E-state index contributed by atoms with van der Waals surface area (Å²) in [7, 11) is 1.24. The highest BCUT2D eigenvalue weighted by molar-refractivity contribution is 5.95. The molecule has 0 aliphatic heterocycles. The second-order valence-electron chi connectivity index (χ2n) is 5.57. The van der Waals surface area contributed by atoms with Gasteiger partial charge >= 0.3 is 12.1 Å². The fourth-order valence-corrected chi connectivity index (χ4v) is 2.41. The molecule has 138 valence electrons. The van der Waals surface area contributed by atoms with Crippen LogP contribution in [-0.4, -0.2) is 18.1 Å². The summed E-state index contributed by atoms with van der Waals surface area (Å²) in [6, 6.07) is 9.49. The van der Waals surface area contributed by atoms with Gasteiger partial charge in [-0.15, -0.1) is 0 Å². The molecule has 0 N–H and O–H groups in total. The number of pyridine rings is 1. The zero-order chi connectivity index (χ0) is 19.4. The molecule has 0 aliphatic carbocycles. The Bertz CT molecular complexity index is 958. The van der Waals surface area contributed by atoms with E-state index in [0.717, 1.165) is 17.7 Å². The molecule has 0 atom stereocenters. The van der Waals surface area contributed by atoms with Crippen LogP contribution in [0, 0.1) is 0 Å². The molecule has 0 fully saturated rings. The van der Waals surface area contributed by atoms with E-state index in [0.29, 0.717) is 5.56 Å². The van der Waals surface area contributed by atoms with Crippen LogP contribution >= 0.6 is 0 Å². The van der Waals surface area contributed by atoms with Crippen LogP contribution in [0.1, 0.15) is 27.2 Å². The quantitative estimate of drug-likeness (QED) is 0.581. The lowest BCUT2D eigenvalue weighted by atomic mass is 10.1. The number of alkyl halides is 3. The molecular weight excluding hydrogens is 359 g/mol. The number of carbonyl (C=O) groups is 1. The topological polar surface area (TPSA) is 52.3 Å². The highest BCUT2D eigenvalue weighted by atomic mass is 19.4. The van der Waals surface area contributed by atoms with Crippen LogP contribution in [0.15, 0.2) is 59.3 Å². The van der Waals surface area contributed by atoms with Gasteiger partial charge in [-0.2, -0.15) is 13.2 Å². The van der Waals surface area contributed by atoms with Crippen molar-refractivity contribution in [3.05, 3.63) is 77.3 Å².